The highest BCUT2D eigenvalue weighted by Crippen LogP contribution is 2.30. The minimum atomic E-state index is 0.0627. The van der Waals surface area contributed by atoms with Gasteiger partial charge in [0.05, 0.1) is 23.6 Å². The van der Waals surface area contributed by atoms with Crippen molar-refractivity contribution in [3.05, 3.63) is 42.1 Å². The SMILES string of the molecule is C=C(OCc1c(-c2ccc(OC3CCC[C@H](C=O)C3)cn2)noc1C)N(C)C1CCCC1. The average Bonchev–Trinajstić information content (AvgIpc) is 3.48. The molecular formula is C25H33N3O4. The lowest BCUT2D eigenvalue weighted by atomic mass is 9.88. The lowest BCUT2D eigenvalue weighted by molar-refractivity contribution is -0.112. The normalized spacial score (nSPS) is 21.3. The van der Waals surface area contributed by atoms with Crippen molar-refractivity contribution in [2.45, 2.75) is 77.0 Å². The highest BCUT2D eigenvalue weighted by atomic mass is 16.5. The number of rotatable bonds is 9. The molecule has 0 aromatic carbocycles. The number of aromatic nitrogens is 2. The van der Waals surface area contributed by atoms with Gasteiger partial charge in [-0.1, -0.05) is 18.0 Å². The van der Waals surface area contributed by atoms with Crippen LogP contribution < -0.4 is 4.74 Å². The van der Waals surface area contributed by atoms with E-state index in [9.17, 15) is 4.79 Å². The molecule has 0 radical (unpaired) electrons. The van der Waals surface area contributed by atoms with Crippen LogP contribution in [0, 0.1) is 12.8 Å². The first-order chi connectivity index (χ1) is 15.5. The fourth-order valence-corrected chi connectivity index (χ4v) is 4.71. The van der Waals surface area contributed by atoms with Crippen LogP contribution in [0.3, 0.4) is 0 Å². The summed E-state index contributed by atoms with van der Waals surface area (Å²) in [5.74, 6) is 2.18. The van der Waals surface area contributed by atoms with Crippen molar-refractivity contribution < 1.29 is 18.8 Å². The van der Waals surface area contributed by atoms with Crippen LogP contribution in [0.5, 0.6) is 5.75 Å². The van der Waals surface area contributed by atoms with Gasteiger partial charge in [0, 0.05) is 19.0 Å². The first kappa shape index (κ1) is 22.4. The van der Waals surface area contributed by atoms with Crippen molar-refractivity contribution in [1.29, 1.82) is 0 Å². The van der Waals surface area contributed by atoms with Gasteiger partial charge in [0.15, 0.2) is 5.88 Å². The van der Waals surface area contributed by atoms with E-state index in [1.807, 2.05) is 26.1 Å². The second kappa shape index (κ2) is 10.2. The largest absolute Gasteiger partial charge is 0.489 e. The van der Waals surface area contributed by atoms with E-state index in [4.69, 9.17) is 14.0 Å². The molecule has 2 saturated carbocycles. The van der Waals surface area contributed by atoms with Crippen LogP contribution in [-0.4, -0.2) is 40.5 Å². The van der Waals surface area contributed by atoms with Gasteiger partial charge in [-0.15, -0.1) is 0 Å². The maximum atomic E-state index is 11.1. The van der Waals surface area contributed by atoms with Gasteiger partial charge in [0.1, 0.15) is 30.1 Å². The number of nitrogens with zero attached hydrogens (tertiary/aromatic N) is 3. The Bertz CT molecular complexity index is 918. The second-order valence-electron chi connectivity index (χ2n) is 8.98. The lowest BCUT2D eigenvalue weighted by Crippen LogP contribution is -2.29. The van der Waals surface area contributed by atoms with E-state index in [0.717, 1.165) is 37.5 Å². The molecule has 2 fully saturated rings. The predicted molar refractivity (Wildman–Crippen MR) is 121 cm³/mol. The summed E-state index contributed by atoms with van der Waals surface area (Å²) in [6.45, 7) is 6.31. The van der Waals surface area contributed by atoms with Gasteiger partial charge in [0.2, 0.25) is 0 Å². The van der Waals surface area contributed by atoms with Gasteiger partial charge in [0.25, 0.3) is 0 Å². The zero-order chi connectivity index (χ0) is 22.5. The van der Waals surface area contributed by atoms with Crippen LogP contribution in [0.2, 0.25) is 0 Å². The second-order valence-corrected chi connectivity index (χ2v) is 8.98. The van der Waals surface area contributed by atoms with Crippen LogP contribution in [0.15, 0.2) is 35.3 Å². The van der Waals surface area contributed by atoms with Crippen molar-refractivity contribution in [3.8, 4) is 17.1 Å². The standard InChI is InChI=1S/C25H33N3O4/c1-17-23(16-30-18(2)28(3)20-8-4-5-9-20)25(27-32-17)24-12-11-22(14-26-24)31-21-10-6-7-19(13-21)15-29/h11-12,14-15,19-21H,2,4-10,13,16H2,1,3H3/t19-,21?/m0/s1. The number of pyridine rings is 1. The summed E-state index contributed by atoms with van der Waals surface area (Å²) < 4.78 is 17.5. The Morgan fingerprint density at radius 1 is 1.25 bits per heavy atom. The van der Waals surface area contributed by atoms with Crippen molar-refractivity contribution >= 4 is 6.29 Å². The number of carbonyl (C=O) groups excluding carboxylic acids is 1. The highest BCUT2D eigenvalue weighted by Gasteiger charge is 2.24. The molecule has 0 bridgehead atoms. The molecule has 2 aromatic heterocycles. The fourth-order valence-electron chi connectivity index (χ4n) is 4.71. The minimum Gasteiger partial charge on any atom is -0.489 e. The molecule has 2 aliphatic carbocycles. The molecule has 2 atom stereocenters. The van der Waals surface area contributed by atoms with Crippen LogP contribution in [0.1, 0.15) is 62.7 Å². The molecule has 0 amide bonds. The van der Waals surface area contributed by atoms with Gasteiger partial charge in [-0.25, -0.2) is 0 Å². The summed E-state index contributed by atoms with van der Waals surface area (Å²) in [6.07, 6.45) is 11.4. The molecule has 0 saturated heterocycles. The number of hydrogen-bond donors (Lipinski definition) is 0. The number of hydrogen-bond acceptors (Lipinski definition) is 7. The van der Waals surface area contributed by atoms with Crippen molar-refractivity contribution in [2.24, 2.45) is 5.92 Å². The molecule has 7 nitrogen and oxygen atoms in total. The molecule has 0 aliphatic heterocycles. The van der Waals surface area contributed by atoms with Crippen LogP contribution in [0.25, 0.3) is 11.4 Å². The molecule has 32 heavy (non-hydrogen) atoms. The van der Waals surface area contributed by atoms with Crippen LogP contribution in [0.4, 0.5) is 0 Å². The summed E-state index contributed by atoms with van der Waals surface area (Å²) in [7, 11) is 2.05. The number of aryl methyl sites for hydroxylation is 1. The molecule has 4 rings (SSSR count). The Morgan fingerprint density at radius 2 is 2.06 bits per heavy atom. The molecule has 2 heterocycles. The summed E-state index contributed by atoms with van der Waals surface area (Å²) in [4.78, 5) is 17.8. The average molecular weight is 440 g/mol. The Hall–Kier alpha value is -2.83. The van der Waals surface area contributed by atoms with Gasteiger partial charge >= 0.3 is 0 Å². The zero-order valence-corrected chi connectivity index (χ0v) is 19.1. The van der Waals surface area contributed by atoms with E-state index in [1.165, 1.54) is 25.7 Å². The van der Waals surface area contributed by atoms with E-state index in [0.29, 0.717) is 41.4 Å². The third-order valence-electron chi connectivity index (χ3n) is 6.77. The fraction of sp³-hybridized carbons (Fsp3) is 0.560. The van der Waals surface area contributed by atoms with E-state index >= 15 is 0 Å². The first-order valence-electron chi connectivity index (χ1n) is 11.6. The topological polar surface area (TPSA) is 77.7 Å². The van der Waals surface area contributed by atoms with E-state index in [2.05, 4.69) is 21.6 Å². The Labute approximate surface area is 189 Å². The molecular weight excluding hydrogens is 406 g/mol. The maximum Gasteiger partial charge on any atom is 0.182 e. The monoisotopic (exact) mass is 439 g/mol. The summed E-state index contributed by atoms with van der Waals surface area (Å²) in [5, 5.41) is 4.21. The van der Waals surface area contributed by atoms with E-state index < -0.39 is 0 Å². The molecule has 2 aliphatic rings. The van der Waals surface area contributed by atoms with E-state index in [1.54, 1.807) is 6.20 Å². The number of ether oxygens (including phenoxy) is 2. The van der Waals surface area contributed by atoms with E-state index in [-0.39, 0.29) is 12.0 Å². The Balaban J connectivity index is 1.38. The van der Waals surface area contributed by atoms with Crippen molar-refractivity contribution in [1.82, 2.24) is 15.0 Å². The van der Waals surface area contributed by atoms with Crippen LogP contribution in [-0.2, 0) is 16.1 Å². The maximum absolute atomic E-state index is 11.1. The Kier molecular flexibility index (Phi) is 7.12. The van der Waals surface area contributed by atoms with Gasteiger partial charge in [-0.3, -0.25) is 4.98 Å². The third-order valence-corrected chi connectivity index (χ3v) is 6.77. The molecule has 7 heteroatoms. The summed E-state index contributed by atoms with van der Waals surface area (Å²) >= 11 is 0. The zero-order valence-electron chi connectivity index (χ0n) is 19.1. The summed E-state index contributed by atoms with van der Waals surface area (Å²) in [5.41, 5.74) is 2.24. The number of aldehydes is 1. The smallest absolute Gasteiger partial charge is 0.182 e. The predicted octanol–water partition coefficient (Wildman–Crippen LogP) is 5.04. The quantitative estimate of drug-likeness (QED) is 0.400. The Morgan fingerprint density at radius 3 is 2.78 bits per heavy atom. The van der Waals surface area contributed by atoms with Crippen molar-refractivity contribution in [2.75, 3.05) is 7.05 Å². The summed E-state index contributed by atoms with van der Waals surface area (Å²) in [6, 6.07) is 4.29. The molecule has 1 unspecified atom stereocenters. The van der Waals surface area contributed by atoms with Crippen molar-refractivity contribution in [3.63, 3.8) is 0 Å². The van der Waals surface area contributed by atoms with Gasteiger partial charge in [-0.2, -0.15) is 0 Å². The number of carbonyl (C=O) groups is 1. The third kappa shape index (κ3) is 5.14. The first-order valence-corrected chi connectivity index (χ1v) is 11.6. The molecule has 172 valence electrons. The molecule has 0 N–H and O–H groups in total. The van der Waals surface area contributed by atoms with Gasteiger partial charge in [-0.05, 0) is 64.2 Å². The minimum absolute atomic E-state index is 0.0627. The molecule has 0 spiro atoms. The molecule has 2 aromatic rings. The lowest BCUT2D eigenvalue weighted by Gasteiger charge is -2.27. The highest BCUT2D eigenvalue weighted by molar-refractivity contribution is 5.59. The van der Waals surface area contributed by atoms with Crippen LogP contribution >= 0.6 is 0 Å². The van der Waals surface area contributed by atoms with Gasteiger partial charge < -0.3 is 23.7 Å².